The lowest BCUT2D eigenvalue weighted by molar-refractivity contribution is 0.297. The molecule has 0 unspecified atom stereocenters. The molecule has 0 fully saturated rings. The predicted octanol–water partition coefficient (Wildman–Crippen LogP) is -1.44. The molecule has 0 bridgehead atoms. The minimum atomic E-state index is -0.471. The molecule has 0 spiro atoms. The van der Waals surface area contributed by atoms with Crippen molar-refractivity contribution in [1.82, 2.24) is 144 Å². The Bertz CT molecular complexity index is 3860. The summed E-state index contributed by atoms with van der Waals surface area (Å²) in [5.74, 6) is 0.386. The molecular formula is C39H35N29O8S4. The second-order valence-corrected chi connectivity index (χ2v) is 17.9. The van der Waals surface area contributed by atoms with Gasteiger partial charge in [0.2, 0.25) is 5.82 Å². The van der Waals surface area contributed by atoms with Crippen LogP contribution in [0.15, 0.2) is 109 Å². The first-order valence-corrected chi connectivity index (χ1v) is 25.3. The highest BCUT2D eigenvalue weighted by Crippen LogP contribution is 2.20. The molecule has 12 heterocycles. The van der Waals surface area contributed by atoms with E-state index in [1.54, 1.807) is 27.6 Å². The van der Waals surface area contributed by atoms with E-state index in [4.69, 9.17) is 24.4 Å². The van der Waals surface area contributed by atoms with E-state index in [0.717, 1.165) is 37.5 Å². The van der Waals surface area contributed by atoms with E-state index >= 15 is 0 Å². The van der Waals surface area contributed by atoms with Crippen LogP contribution in [-0.2, 0) is 54.6 Å². The van der Waals surface area contributed by atoms with Gasteiger partial charge in [-0.25, -0.2) is 59.0 Å². The van der Waals surface area contributed by atoms with E-state index in [2.05, 4.69) is 107 Å². The average molecular weight is 1170 g/mol. The van der Waals surface area contributed by atoms with Gasteiger partial charge in [-0.1, -0.05) is 45.3 Å². The largest absolute Gasteiger partial charge is 0.463 e. The van der Waals surface area contributed by atoms with Crippen LogP contribution in [0.1, 0.15) is 28.3 Å². The fourth-order valence-electron chi connectivity index (χ4n) is 5.82. The van der Waals surface area contributed by atoms with Crippen LogP contribution >= 0.6 is 45.3 Å². The second-order valence-electron chi connectivity index (χ2n) is 14.6. The molecule has 41 heteroatoms. The molecule has 0 aromatic carbocycles. The van der Waals surface area contributed by atoms with Crippen molar-refractivity contribution in [1.29, 1.82) is 0 Å². The number of aromatic nitrogens is 29. The summed E-state index contributed by atoms with van der Waals surface area (Å²) in [5, 5.41) is 52.2. The zero-order valence-electron chi connectivity index (χ0n) is 45.0. The van der Waals surface area contributed by atoms with Gasteiger partial charge in [0, 0.05) is 86.8 Å². The first kappa shape index (κ1) is 49.0. The Balaban J connectivity index is 0.000000134. The van der Waals surface area contributed by atoms with E-state index in [-0.39, 0.29) is 62.8 Å². The molecule has 37 nitrogen and oxygen atoms in total. The Labute approximate surface area is 465 Å². The maximum Gasteiger partial charge on any atom is 0.369 e. The van der Waals surface area contributed by atoms with E-state index in [0.29, 0.717) is 54.9 Å². The molecule has 0 aliphatic carbocycles. The number of tetrazole rings is 4. The molecule has 0 saturated heterocycles. The summed E-state index contributed by atoms with van der Waals surface area (Å²) in [4.78, 5) is 83.1. The molecule has 0 saturated carbocycles. The Hall–Kier alpha value is -10.6. The van der Waals surface area contributed by atoms with E-state index in [1.165, 1.54) is 111 Å². The number of hydrogen-bond acceptors (Lipinski definition) is 33. The molecular weight excluding hydrogens is 1130 g/mol. The fraction of sp³-hybridized carbons (Fsp3) is 0.205. The number of rotatable bonds is 16. The zero-order valence-corrected chi connectivity index (χ0v) is 44.3. The van der Waals surface area contributed by atoms with Crippen molar-refractivity contribution in [3.05, 3.63) is 154 Å². The van der Waals surface area contributed by atoms with Crippen molar-refractivity contribution in [2.24, 2.45) is 28.2 Å². The van der Waals surface area contributed by atoms with E-state index < -0.39 is 22.8 Å². The molecule has 0 radical (unpaired) electrons. The molecule has 12 aromatic heterocycles. The lowest BCUT2D eigenvalue weighted by Gasteiger charge is -2.06. The molecule has 12 aromatic rings. The third kappa shape index (κ3) is 13.3. The second kappa shape index (κ2) is 26.0. The number of aryl methyl sites for hydroxylation is 4. The number of nitrogens with zero attached hydrogens (tertiary/aromatic N) is 29. The molecule has 0 amide bonds. The molecule has 408 valence electrons. The summed E-state index contributed by atoms with van der Waals surface area (Å²) in [6, 6.07) is 1.60. The van der Waals surface area contributed by atoms with Gasteiger partial charge in [-0.2, -0.15) is 33.2 Å². The average Bonchev–Trinajstić information content (AvgIpc) is 3.75. The fourth-order valence-corrected chi connectivity index (χ4v) is 7.57. The summed E-state index contributed by atoms with van der Waals surface area (Å²) in [7, 11) is 5.96. The van der Waals surface area contributed by atoms with Crippen LogP contribution in [0.5, 0.6) is 20.8 Å². The molecule has 0 N–H and O–H groups in total. The van der Waals surface area contributed by atoms with Crippen LogP contribution in [0.2, 0.25) is 0 Å². The minimum Gasteiger partial charge on any atom is -0.463 e. The van der Waals surface area contributed by atoms with Crippen molar-refractivity contribution in [3.8, 4) is 43.8 Å². The standard InChI is InChI=1S/3C10H9N7O2S.C9H8N8O2S/c1-16-10(18)17(15-14-16)8-4-11-6-13-7(8)5-19-9-12-2-3-20-9;1-16-10(18)17(15-14-16)8-7(11-2-3-12-8)6-19-9-13-4-5-20-9;1-16-10(18)17(15-14-16)8-2-3-12-13-7(8)6-19-9-11-4-5-20-9;1-16-9(18)17(15-14-16)7-6(11-5-12-13-7)4-19-8-10-2-3-20-8/h2-4,6H,5H2,1H3;2*2-5H,6H2,1H3;2-3,5H,4H2,1H3/i2T;2*4T;2T. The Morgan fingerprint density at radius 2 is 0.850 bits per heavy atom. The van der Waals surface area contributed by atoms with Gasteiger partial charge in [0.15, 0.2) is 5.82 Å². The number of thiazole rings is 4. The predicted molar refractivity (Wildman–Crippen MR) is 272 cm³/mol. The van der Waals surface area contributed by atoms with E-state index in [1.807, 2.05) is 0 Å². The Kier molecular flexibility index (Phi) is 15.9. The normalized spacial score (nSPS) is 11.3. The highest BCUT2D eigenvalue weighted by atomic mass is 32.1. The first-order chi connectivity index (χ1) is 40.6. The highest BCUT2D eigenvalue weighted by molar-refractivity contribution is 7.12. The molecule has 0 atom stereocenters. The van der Waals surface area contributed by atoms with Gasteiger partial charge in [-0.3, -0.25) is 4.98 Å². The van der Waals surface area contributed by atoms with Gasteiger partial charge in [-0.05, 0) is 47.8 Å². The Morgan fingerprint density at radius 1 is 0.425 bits per heavy atom. The van der Waals surface area contributed by atoms with Gasteiger partial charge < -0.3 is 18.9 Å². The summed E-state index contributed by atoms with van der Waals surface area (Å²) in [6.07, 6.45) is 8.98. The lowest BCUT2D eigenvalue weighted by atomic mass is 10.3. The third-order valence-corrected chi connectivity index (χ3v) is 12.1. The van der Waals surface area contributed by atoms with Gasteiger partial charge in [0.05, 0.1) is 17.9 Å². The maximum absolute atomic E-state index is 11.9. The summed E-state index contributed by atoms with van der Waals surface area (Å²) in [6.45, 7) is 0.201. The van der Waals surface area contributed by atoms with Crippen molar-refractivity contribution < 1.29 is 24.4 Å². The highest BCUT2D eigenvalue weighted by Gasteiger charge is 2.18. The van der Waals surface area contributed by atoms with Crippen LogP contribution in [0.25, 0.3) is 23.0 Å². The SMILES string of the molecule is [3H]c1csc(OCc2nccnc2-n2nnn(C)c2=O)n1.[3H]c1csc(OCc2ncncc2-n2nnn(C)c2=O)n1.[3H]c1csc(OCc2ncnnc2-n2nnn(C)c2=O)n1.[3H]c1csc(OCc2nnccc2-n2nnn(C)c2=O)n1. The molecule has 12 rings (SSSR count). The van der Waals surface area contributed by atoms with Crippen LogP contribution < -0.4 is 41.7 Å². The first-order valence-electron chi connectivity index (χ1n) is 23.8. The summed E-state index contributed by atoms with van der Waals surface area (Å²) in [5.41, 5.74) is 0.776. The van der Waals surface area contributed by atoms with Crippen molar-refractivity contribution in [2.75, 3.05) is 0 Å². The van der Waals surface area contributed by atoms with Crippen LogP contribution in [0.4, 0.5) is 0 Å². The summed E-state index contributed by atoms with van der Waals surface area (Å²) < 4.78 is 59.6. The quantitative estimate of drug-likeness (QED) is 0.107. The number of ether oxygens (including phenoxy) is 4. The minimum absolute atomic E-state index is 0.0147. The van der Waals surface area contributed by atoms with Crippen molar-refractivity contribution in [2.45, 2.75) is 26.4 Å². The van der Waals surface area contributed by atoms with Crippen molar-refractivity contribution in [3.63, 3.8) is 0 Å². The summed E-state index contributed by atoms with van der Waals surface area (Å²) >= 11 is 4.82. The third-order valence-electron chi connectivity index (χ3n) is 9.52. The van der Waals surface area contributed by atoms with Gasteiger partial charge >= 0.3 is 22.8 Å². The van der Waals surface area contributed by atoms with E-state index in [9.17, 15) is 19.2 Å². The van der Waals surface area contributed by atoms with Gasteiger partial charge in [-0.15, -0.1) is 24.7 Å². The smallest absolute Gasteiger partial charge is 0.369 e. The number of hydrogen-bond donors (Lipinski definition) is 0. The van der Waals surface area contributed by atoms with Gasteiger partial charge in [0.1, 0.15) is 73.2 Å². The van der Waals surface area contributed by atoms with Crippen LogP contribution in [-0.4, -0.2) is 144 Å². The topological polar surface area (TPSA) is 415 Å². The molecule has 80 heavy (non-hydrogen) atoms. The van der Waals surface area contributed by atoms with Gasteiger partial charge in [0.25, 0.3) is 20.8 Å². The van der Waals surface area contributed by atoms with Crippen LogP contribution in [0, 0.1) is 0 Å². The van der Waals surface area contributed by atoms with Crippen molar-refractivity contribution >= 4 is 45.3 Å². The molecule has 0 aliphatic heterocycles. The monoisotopic (exact) mass is 1170 g/mol. The lowest BCUT2D eigenvalue weighted by Crippen LogP contribution is -2.24. The molecule has 0 aliphatic rings. The maximum atomic E-state index is 11.9. The zero-order chi connectivity index (χ0) is 59.3. The van der Waals surface area contributed by atoms with Crippen LogP contribution in [0.3, 0.4) is 0 Å². The Morgan fingerprint density at radius 3 is 1.32 bits per heavy atom.